The predicted molar refractivity (Wildman–Crippen MR) is 215 cm³/mol. The average Bonchev–Trinajstić information content (AvgIpc) is 3.67. The Morgan fingerprint density at radius 1 is 0.392 bits per heavy atom. The highest BCUT2D eigenvalue weighted by Crippen LogP contribution is 2.44. The number of benzene rings is 9. The number of imidazole rings is 1. The van der Waals surface area contributed by atoms with Crippen molar-refractivity contribution in [2.45, 2.75) is 0 Å². The first kappa shape index (κ1) is 22.0. The summed E-state index contributed by atoms with van der Waals surface area (Å²) in [6.07, 6.45) is 0. The number of nitrogens with zero attached hydrogens (tertiary/aromatic N) is 2. The molecule has 9 aromatic carbocycles. The van der Waals surface area contributed by atoms with E-state index in [0.29, 0.717) is 28.1 Å². The third kappa shape index (κ3) is 4.84. The fourth-order valence-electron chi connectivity index (χ4n) is 7.32. The first-order valence-corrected chi connectivity index (χ1v) is 16.8. The highest BCUT2D eigenvalue weighted by atomic mass is 15.1. The summed E-state index contributed by atoms with van der Waals surface area (Å²) in [5.41, 5.74) is 7.11. The third-order valence-corrected chi connectivity index (χ3v) is 9.66. The van der Waals surface area contributed by atoms with Gasteiger partial charge in [-0.25, -0.2) is 4.98 Å². The molecular weight excluding hydrogens is 617 g/mol. The van der Waals surface area contributed by atoms with Gasteiger partial charge in [0.25, 0.3) is 0 Å². The van der Waals surface area contributed by atoms with Gasteiger partial charge < -0.3 is 0 Å². The minimum Gasteiger partial charge on any atom is -0.292 e. The molecule has 10 aromatic rings. The molecule has 2 heteroatoms. The van der Waals surface area contributed by atoms with Gasteiger partial charge in [0.15, 0.2) is 0 Å². The molecule has 1 heterocycles. The van der Waals surface area contributed by atoms with Gasteiger partial charge in [-0.3, -0.25) is 4.57 Å². The Morgan fingerprint density at radius 2 is 0.882 bits per heavy atom. The largest absolute Gasteiger partial charge is 0.292 e. The summed E-state index contributed by atoms with van der Waals surface area (Å²) in [5.74, 6) is 0.696. The molecule has 0 radical (unpaired) electrons. The molecule has 1 aromatic heterocycles. The van der Waals surface area contributed by atoms with Crippen LogP contribution in [-0.2, 0) is 0 Å². The van der Waals surface area contributed by atoms with Crippen LogP contribution in [0.15, 0.2) is 194 Å². The van der Waals surface area contributed by atoms with E-state index in [1.807, 2.05) is 121 Å². The third-order valence-electron chi connectivity index (χ3n) is 9.66. The molecule has 51 heavy (non-hydrogen) atoms. The standard InChI is InChI=1S/C49H32N2/c1-2-13-33(14-3-1)34-25-27-36(28-26-34)47-40-18-6-8-20-42(40)48(43-21-9-7-19-41(43)47)37-29-31-38(32-30-37)49-50-44-22-10-11-23-46(44)51(49)45-24-12-16-35-15-4-5-17-39(35)45/h1-32H/i6D,7D,8D,9D,18D,19D,20D,21D. The van der Waals surface area contributed by atoms with Crippen LogP contribution in [0.1, 0.15) is 11.0 Å². The summed E-state index contributed by atoms with van der Waals surface area (Å²) in [4.78, 5) is 5.10. The smallest absolute Gasteiger partial charge is 0.145 e. The Balaban J connectivity index is 1.26. The molecule has 10 rings (SSSR count). The first-order valence-electron chi connectivity index (χ1n) is 20.8. The molecule has 0 aliphatic carbocycles. The molecular formula is C49H32N2. The normalized spacial score (nSPS) is 13.7. The van der Waals surface area contributed by atoms with Crippen molar-refractivity contribution in [3.63, 3.8) is 0 Å². The second kappa shape index (κ2) is 12.0. The van der Waals surface area contributed by atoms with Gasteiger partial charge in [0.2, 0.25) is 0 Å². The van der Waals surface area contributed by atoms with Crippen molar-refractivity contribution < 1.29 is 11.0 Å². The van der Waals surface area contributed by atoms with Gasteiger partial charge in [-0.05, 0) is 78.5 Å². The molecule has 238 valence electrons. The van der Waals surface area contributed by atoms with Crippen molar-refractivity contribution in [3.05, 3.63) is 194 Å². The maximum atomic E-state index is 9.35. The van der Waals surface area contributed by atoms with E-state index in [1.54, 1.807) is 0 Å². The predicted octanol–water partition coefficient (Wildman–Crippen LogP) is 13.2. The molecule has 0 aliphatic heterocycles. The monoisotopic (exact) mass is 656 g/mol. The van der Waals surface area contributed by atoms with Crippen LogP contribution in [0.4, 0.5) is 0 Å². The Labute approximate surface area is 307 Å². The van der Waals surface area contributed by atoms with E-state index >= 15 is 0 Å². The zero-order valence-corrected chi connectivity index (χ0v) is 27.3. The molecule has 0 unspecified atom stereocenters. The van der Waals surface area contributed by atoms with Crippen LogP contribution in [0.3, 0.4) is 0 Å². The summed E-state index contributed by atoms with van der Waals surface area (Å²) in [5, 5.41) is 2.85. The van der Waals surface area contributed by atoms with Gasteiger partial charge in [0.1, 0.15) is 5.82 Å². The van der Waals surface area contributed by atoms with Crippen molar-refractivity contribution in [2.24, 2.45) is 0 Å². The summed E-state index contributed by atoms with van der Waals surface area (Å²) in [7, 11) is 0. The minimum absolute atomic E-state index is 0.173. The van der Waals surface area contributed by atoms with Crippen LogP contribution < -0.4 is 0 Å². The van der Waals surface area contributed by atoms with Crippen LogP contribution in [0, 0.1) is 0 Å². The lowest BCUT2D eigenvalue weighted by Crippen LogP contribution is -1.98. The summed E-state index contributed by atoms with van der Waals surface area (Å²) < 4.78 is 74.7. The van der Waals surface area contributed by atoms with E-state index in [0.717, 1.165) is 44.2 Å². The number of hydrogen-bond donors (Lipinski definition) is 0. The minimum atomic E-state index is -0.435. The summed E-state index contributed by atoms with van der Waals surface area (Å²) >= 11 is 0. The molecule has 0 saturated carbocycles. The fourth-order valence-corrected chi connectivity index (χ4v) is 7.32. The number of rotatable bonds is 5. The van der Waals surface area contributed by atoms with Crippen LogP contribution in [0.25, 0.3) is 93.8 Å². The number of hydrogen-bond acceptors (Lipinski definition) is 1. The SMILES string of the molecule is [2H]c1c([2H])c([2H])c2c(-c3ccc(-c4nc5ccccc5n4-c4cccc5ccccc45)cc3)c3c([2H])c([2H])c([2H])c([2H])c3c(-c3ccc(-c4ccccc4)cc3)c2c1[2H]. The van der Waals surface area contributed by atoms with E-state index in [9.17, 15) is 5.48 Å². The Hall–Kier alpha value is -6.77. The second-order valence-corrected chi connectivity index (χ2v) is 12.5. The quantitative estimate of drug-likeness (QED) is 0.169. The number of aromatic nitrogens is 2. The van der Waals surface area contributed by atoms with Gasteiger partial charge in [0, 0.05) is 10.9 Å². The van der Waals surface area contributed by atoms with E-state index in [2.05, 4.69) is 28.8 Å². The van der Waals surface area contributed by atoms with Gasteiger partial charge in [-0.15, -0.1) is 0 Å². The van der Waals surface area contributed by atoms with Crippen LogP contribution in [0.5, 0.6) is 0 Å². The average molecular weight is 657 g/mol. The van der Waals surface area contributed by atoms with Crippen LogP contribution in [0.2, 0.25) is 0 Å². The number of para-hydroxylation sites is 2. The topological polar surface area (TPSA) is 17.8 Å². The van der Waals surface area contributed by atoms with Crippen LogP contribution >= 0.6 is 0 Å². The molecule has 0 bridgehead atoms. The lowest BCUT2D eigenvalue weighted by atomic mass is 9.85. The van der Waals surface area contributed by atoms with Crippen molar-refractivity contribution in [3.8, 4) is 50.5 Å². The van der Waals surface area contributed by atoms with Gasteiger partial charge >= 0.3 is 0 Å². The summed E-state index contributed by atoms with van der Waals surface area (Å²) in [6.45, 7) is 0. The maximum Gasteiger partial charge on any atom is 0.145 e. The maximum absolute atomic E-state index is 9.35. The zero-order chi connectivity index (χ0) is 40.7. The zero-order valence-electron chi connectivity index (χ0n) is 35.3. The van der Waals surface area contributed by atoms with Crippen LogP contribution in [-0.4, -0.2) is 9.55 Å². The molecule has 0 aliphatic rings. The lowest BCUT2D eigenvalue weighted by molar-refractivity contribution is 1.11. The van der Waals surface area contributed by atoms with Gasteiger partial charge in [0.05, 0.1) is 27.7 Å². The Morgan fingerprint density at radius 3 is 1.53 bits per heavy atom. The van der Waals surface area contributed by atoms with Crippen molar-refractivity contribution in [1.82, 2.24) is 9.55 Å². The molecule has 0 fully saturated rings. The Bertz CT molecular complexity index is 3260. The lowest BCUT2D eigenvalue weighted by Gasteiger charge is -2.18. The molecule has 0 N–H and O–H groups in total. The first-order chi connectivity index (χ1) is 28.6. The van der Waals surface area contributed by atoms with Gasteiger partial charge in [-0.2, -0.15) is 0 Å². The van der Waals surface area contributed by atoms with Crippen molar-refractivity contribution >= 4 is 43.4 Å². The van der Waals surface area contributed by atoms with Crippen molar-refractivity contribution in [1.29, 1.82) is 0 Å². The van der Waals surface area contributed by atoms with E-state index in [1.165, 1.54) is 0 Å². The molecule has 0 amide bonds. The molecule has 0 atom stereocenters. The highest BCUT2D eigenvalue weighted by Gasteiger charge is 2.19. The van der Waals surface area contributed by atoms with E-state index < -0.39 is 24.2 Å². The van der Waals surface area contributed by atoms with Crippen molar-refractivity contribution in [2.75, 3.05) is 0 Å². The fraction of sp³-hybridized carbons (Fsp3) is 0. The highest BCUT2D eigenvalue weighted by molar-refractivity contribution is 6.21. The molecule has 0 spiro atoms. The Kier molecular flexibility index (Phi) is 5.18. The molecule has 0 saturated heterocycles. The number of fused-ring (bicyclic) bond motifs is 4. The molecule has 2 nitrogen and oxygen atoms in total. The van der Waals surface area contributed by atoms with E-state index in [-0.39, 0.29) is 45.7 Å². The van der Waals surface area contributed by atoms with E-state index in [4.69, 9.17) is 10.5 Å². The second-order valence-electron chi connectivity index (χ2n) is 12.5. The van der Waals surface area contributed by atoms with Gasteiger partial charge in [-0.1, -0.05) is 176 Å². The summed E-state index contributed by atoms with van der Waals surface area (Å²) in [6, 6.07) is 44.3.